The number of rotatable bonds is 3. The second-order valence-electron chi connectivity index (χ2n) is 6.13. The van der Waals surface area contributed by atoms with Gasteiger partial charge in [-0.3, -0.25) is 4.79 Å². The van der Waals surface area contributed by atoms with E-state index in [2.05, 4.69) is 15.3 Å². The van der Waals surface area contributed by atoms with Gasteiger partial charge in [-0.2, -0.15) is 0 Å². The summed E-state index contributed by atoms with van der Waals surface area (Å²) in [5.74, 6) is 1.10. The number of aromatic nitrogens is 5. The van der Waals surface area contributed by atoms with E-state index in [4.69, 9.17) is 4.74 Å². The largest absolute Gasteiger partial charge is 0.370 e. The lowest BCUT2D eigenvalue weighted by molar-refractivity contribution is -0.138. The van der Waals surface area contributed by atoms with E-state index in [0.29, 0.717) is 26.1 Å². The van der Waals surface area contributed by atoms with Crippen LogP contribution < -0.4 is 0 Å². The molecule has 2 atom stereocenters. The summed E-state index contributed by atoms with van der Waals surface area (Å²) >= 11 is 0. The minimum absolute atomic E-state index is 0.0777. The molecule has 2 aromatic heterocycles. The summed E-state index contributed by atoms with van der Waals surface area (Å²) in [4.78, 5) is 18.6. The molecular weight excluding hydrogens is 296 g/mol. The standard InChI is InChI=1S/C15H20N6O2/c1-11-16-4-7-19(11)6-3-15(22)20-5-2-14-13(9-20)21-12(10-23-14)8-17-18-21/h4,7-8,13-14H,2-3,5-6,9-10H2,1H3/t13-,14-/m0/s1. The summed E-state index contributed by atoms with van der Waals surface area (Å²) in [5.41, 5.74) is 0.981. The molecule has 8 nitrogen and oxygen atoms in total. The highest BCUT2D eigenvalue weighted by molar-refractivity contribution is 5.76. The quantitative estimate of drug-likeness (QED) is 0.826. The Hall–Kier alpha value is -2.22. The first kappa shape index (κ1) is 14.4. The molecule has 0 bridgehead atoms. The van der Waals surface area contributed by atoms with Crippen molar-refractivity contribution in [1.29, 1.82) is 0 Å². The van der Waals surface area contributed by atoms with Crippen molar-refractivity contribution in [3.05, 3.63) is 30.1 Å². The van der Waals surface area contributed by atoms with E-state index in [-0.39, 0.29) is 18.1 Å². The molecule has 0 radical (unpaired) electrons. The number of imidazole rings is 1. The van der Waals surface area contributed by atoms with Crippen molar-refractivity contribution in [2.24, 2.45) is 0 Å². The van der Waals surface area contributed by atoms with E-state index < -0.39 is 0 Å². The summed E-state index contributed by atoms with van der Waals surface area (Å²) in [6.45, 7) is 4.56. The number of fused-ring (bicyclic) bond motifs is 3. The minimum atomic E-state index is 0.0777. The first-order chi connectivity index (χ1) is 11.2. The number of carbonyl (C=O) groups excluding carboxylic acids is 1. The van der Waals surface area contributed by atoms with Crippen LogP contribution in [0, 0.1) is 6.92 Å². The molecule has 0 saturated carbocycles. The zero-order valence-electron chi connectivity index (χ0n) is 13.1. The Morgan fingerprint density at radius 3 is 3.22 bits per heavy atom. The third-order valence-corrected chi connectivity index (χ3v) is 4.77. The molecule has 0 aliphatic carbocycles. The highest BCUT2D eigenvalue weighted by atomic mass is 16.5. The second kappa shape index (κ2) is 5.77. The highest BCUT2D eigenvalue weighted by Gasteiger charge is 2.37. The normalized spacial score (nSPS) is 23.4. The average Bonchev–Trinajstić information content (AvgIpc) is 3.20. The van der Waals surface area contributed by atoms with Gasteiger partial charge >= 0.3 is 0 Å². The van der Waals surface area contributed by atoms with Crippen LogP contribution in [0.4, 0.5) is 0 Å². The molecule has 1 fully saturated rings. The van der Waals surface area contributed by atoms with Gasteiger partial charge in [-0.15, -0.1) is 5.10 Å². The predicted octanol–water partition coefficient (Wildman–Crippen LogP) is 0.546. The Bertz CT molecular complexity index is 708. The van der Waals surface area contributed by atoms with Crippen molar-refractivity contribution >= 4 is 5.91 Å². The molecule has 4 rings (SSSR count). The third kappa shape index (κ3) is 2.63. The number of amides is 1. The van der Waals surface area contributed by atoms with Crippen LogP contribution in [0.2, 0.25) is 0 Å². The number of hydrogen-bond donors (Lipinski definition) is 0. The van der Waals surface area contributed by atoms with Crippen molar-refractivity contribution in [3.8, 4) is 0 Å². The first-order valence-electron chi connectivity index (χ1n) is 7.98. The molecule has 0 aromatic carbocycles. The van der Waals surface area contributed by atoms with Crippen molar-refractivity contribution < 1.29 is 9.53 Å². The van der Waals surface area contributed by atoms with E-state index in [1.165, 1.54) is 0 Å². The molecule has 2 aromatic rings. The molecule has 1 saturated heterocycles. The van der Waals surface area contributed by atoms with Gasteiger partial charge in [0.25, 0.3) is 0 Å². The van der Waals surface area contributed by atoms with Gasteiger partial charge in [0.1, 0.15) is 5.82 Å². The lowest BCUT2D eigenvalue weighted by Crippen LogP contribution is -2.50. The average molecular weight is 316 g/mol. The fourth-order valence-electron chi connectivity index (χ4n) is 3.42. The Labute approximate surface area is 134 Å². The van der Waals surface area contributed by atoms with Crippen LogP contribution in [0.3, 0.4) is 0 Å². The van der Waals surface area contributed by atoms with E-state index in [9.17, 15) is 4.79 Å². The molecule has 23 heavy (non-hydrogen) atoms. The molecule has 2 aliphatic rings. The molecule has 2 aliphatic heterocycles. The third-order valence-electron chi connectivity index (χ3n) is 4.77. The maximum absolute atomic E-state index is 12.5. The molecule has 4 heterocycles. The number of aryl methyl sites for hydroxylation is 2. The lowest BCUT2D eigenvalue weighted by Gasteiger charge is -2.41. The Morgan fingerprint density at radius 2 is 2.39 bits per heavy atom. The maximum Gasteiger partial charge on any atom is 0.224 e. The smallest absolute Gasteiger partial charge is 0.224 e. The van der Waals surface area contributed by atoms with Crippen LogP contribution >= 0.6 is 0 Å². The monoisotopic (exact) mass is 316 g/mol. The van der Waals surface area contributed by atoms with Crippen LogP contribution in [0.1, 0.15) is 30.4 Å². The van der Waals surface area contributed by atoms with Gasteiger partial charge in [-0.1, -0.05) is 5.21 Å². The van der Waals surface area contributed by atoms with Crippen molar-refractivity contribution in [2.45, 2.75) is 45.1 Å². The van der Waals surface area contributed by atoms with Crippen molar-refractivity contribution in [2.75, 3.05) is 13.1 Å². The van der Waals surface area contributed by atoms with Gasteiger partial charge in [-0.25, -0.2) is 9.67 Å². The van der Waals surface area contributed by atoms with Gasteiger partial charge in [-0.05, 0) is 13.3 Å². The Kier molecular flexibility index (Phi) is 3.60. The van der Waals surface area contributed by atoms with Gasteiger partial charge in [0, 0.05) is 38.4 Å². The number of ether oxygens (including phenoxy) is 1. The second-order valence-corrected chi connectivity index (χ2v) is 6.13. The molecule has 122 valence electrons. The summed E-state index contributed by atoms with van der Waals surface area (Å²) in [6.07, 6.45) is 6.87. The minimum Gasteiger partial charge on any atom is -0.370 e. The van der Waals surface area contributed by atoms with Gasteiger partial charge in [0.15, 0.2) is 0 Å². The number of likely N-dealkylation sites (tertiary alicyclic amines) is 1. The fourth-order valence-corrected chi connectivity index (χ4v) is 3.42. The Morgan fingerprint density at radius 1 is 1.48 bits per heavy atom. The lowest BCUT2D eigenvalue weighted by atomic mass is 10.00. The topological polar surface area (TPSA) is 78.1 Å². The van der Waals surface area contributed by atoms with E-state index in [1.807, 2.05) is 27.3 Å². The van der Waals surface area contributed by atoms with Gasteiger partial charge in [0.05, 0.1) is 30.6 Å². The highest BCUT2D eigenvalue weighted by Crippen LogP contribution is 2.30. The van der Waals surface area contributed by atoms with Crippen molar-refractivity contribution in [3.63, 3.8) is 0 Å². The van der Waals surface area contributed by atoms with Gasteiger partial charge in [0.2, 0.25) is 5.91 Å². The summed E-state index contributed by atoms with van der Waals surface area (Å²) < 4.78 is 9.81. The molecule has 0 N–H and O–H groups in total. The number of carbonyl (C=O) groups is 1. The van der Waals surface area contributed by atoms with E-state index >= 15 is 0 Å². The Balaban J connectivity index is 1.41. The number of piperidine rings is 1. The SMILES string of the molecule is Cc1nccn1CCC(=O)N1CC[C@@H]2OCc3cnnn3[C@H]2C1. The van der Waals surface area contributed by atoms with Gasteiger partial charge < -0.3 is 14.2 Å². The zero-order chi connectivity index (χ0) is 15.8. The van der Waals surface area contributed by atoms with Crippen molar-refractivity contribution in [1.82, 2.24) is 29.4 Å². The maximum atomic E-state index is 12.5. The molecule has 0 spiro atoms. The van der Waals surface area contributed by atoms with Crippen LogP contribution in [-0.4, -0.2) is 54.5 Å². The molecule has 8 heteroatoms. The zero-order valence-corrected chi connectivity index (χ0v) is 13.1. The number of nitrogens with zero attached hydrogens (tertiary/aromatic N) is 6. The summed E-state index contributed by atoms with van der Waals surface area (Å²) in [7, 11) is 0. The molecule has 1 amide bonds. The van der Waals surface area contributed by atoms with Crippen LogP contribution in [0.25, 0.3) is 0 Å². The van der Waals surface area contributed by atoms with Crippen LogP contribution in [0.5, 0.6) is 0 Å². The fraction of sp³-hybridized carbons (Fsp3) is 0.600. The first-order valence-corrected chi connectivity index (χ1v) is 7.98. The predicted molar refractivity (Wildman–Crippen MR) is 80.4 cm³/mol. The van der Waals surface area contributed by atoms with E-state index in [1.54, 1.807) is 12.4 Å². The molecular formula is C15H20N6O2. The van der Waals surface area contributed by atoms with Crippen LogP contribution in [-0.2, 0) is 22.7 Å². The summed E-state index contributed by atoms with van der Waals surface area (Å²) in [5, 5.41) is 8.13. The van der Waals surface area contributed by atoms with E-state index in [0.717, 1.165) is 24.5 Å². The van der Waals surface area contributed by atoms with Crippen LogP contribution in [0.15, 0.2) is 18.6 Å². The summed E-state index contributed by atoms with van der Waals surface area (Å²) in [6, 6.07) is 0.0777. The number of hydrogen-bond acceptors (Lipinski definition) is 5. The molecule has 0 unspecified atom stereocenters.